The van der Waals surface area contributed by atoms with Gasteiger partial charge in [-0.2, -0.15) is 17.7 Å². The molecular weight excluding hydrogens is 493 g/mol. The van der Waals surface area contributed by atoms with Crippen LogP contribution in [0.15, 0.2) is 48.5 Å². The standard InChI is InChI=1S/C16H8Cl6N4O2/c17-11-5-1-9(2-6-11)15-16(25(21)13(27)23(15)19,26(22)14(28)24(15)20)10-3-7-12(18)8-4-10/h1-8H. The van der Waals surface area contributed by atoms with E-state index in [1.54, 1.807) is 48.5 Å². The van der Waals surface area contributed by atoms with Gasteiger partial charge in [-0.3, -0.25) is 0 Å². The van der Waals surface area contributed by atoms with Gasteiger partial charge in [0, 0.05) is 68.3 Å². The molecule has 0 N–H and O–H groups in total. The minimum absolute atomic E-state index is 0.352. The van der Waals surface area contributed by atoms with Gasteiger partial charge in [0.2, 0.25) is 11.3 Å². The van der Waals surface area contributed by atoms with Crippen LogP contribution in [0.2, 0.25) is 10.0 Å². The van der Waals surface area contributed by atoms with Crippen molar-refractivity contribution in [3.05, 3.63) is 69.7 Å². The van der Waals surface area contributed by atoms with Crippen molar-refractivity contribution >= 4 is 82.4 Å². The van der Waals surface area contributed by atoms with Crippen molar-refractivity contribution in [2.75, 3.05) is 0 Å². The molecular formula is C16H8Cl6N4O2. The van der Waals surface area contributed by atoms with Gasteiger partial charge in [0.15, 0.2) is 0 Å². The molecule has 12 heteroatoms. The second kappa shape index (κ2) is 6.62. The number of hydrogen-bond donors (Lipinski definition) is 0. The highest BCUT2D eigenvalue weighted by atomic mass is 35.5. The topological polar surface area (TPSA) is 47.1 Å². The van der Waals surface area contributed by atoms with Gasteiger partial charge in [0.25, 0.3) is 0 Å². The van der Waals surface area contributed by atoms with E-state index in [4.69, 9.17) is 70.3 Å². The second-order valence-corrected chi connectivity index (χ2v) is 8.27. The van der Waals surface area contributed by atoms with Crippen molar-refractivity contribution in [1.82, 2.24) is 17.7 Å². The van der Waals surface area contributed by atoms with E-state index in [0.717, 1.165) is 17.7 Å². The van der Waals surface area contributed by atoms with Crippen molar-refractivity contribution in [1.29, 1.82) is 0 Å². The summed E-state index contributed by atoms with van der Waals surface area (Å²) in [6, 6.07) is 10.9. The lowest BCUT2D eigenvalue weighted by atomic mass is 9.83. The molecule has 146 valence electrons. The molecule has 0 saturated carbocycles. The molecule has 2 aliphatic heterocycles. The number of carbonyl (C=O) groups is 2. The van der Waals surface area contributed by atoms with E-state index < -0.39 is 23.4 Å². The zero-order valence-corrected chi connectivity index (χ0v) is 18.0. The maximum Gasteiger partial charge on any atom is 0.354 e. The van der Waals surface area contributed by atoms with Gasteiger partial charge in [0.1, 0.15) is 0 Å². The van der Waals surface area contributed by atoms with Gasteiger partial charge < -0.3 is 0 Å². The zero-order valence-electron chi connectivity index (χ0n) is 13.5. The maximum atomic E-state index is 12.9. The van der Waals surface area contributed by atoms with Crippen molar-refractivity contribution in [2.24, 2.45) is 0 Å². The molecule has 6 nitrogen and oxygen atoms in total. The Hall–Kier alpha value is -1.28. The number of nitrogens with zero attached hydrogens (tertiary/aromatic N) is 4. The molecule has 2 aromatic rings. The van der Waals surface area contributed by atoms with E-state index in [0.29, 0.717) is 21.2 Å². The first-order chi connectivity index (χ1) is 13.2. The maximum absolute atomic E-state index is 12.9. The summed E-state index contributed by atoms with van der Waals surface area (Å²) in [6.07, 6.45) is 0. The van der Waals surface area contributed by atoms with Crippen LogP contribution >= 0.6 is 70.3 Å². The van der Waals surface area contributed by atoms with Gasteiger partial charge >= 0.3 is 12.1 Å². The summed E-state index contributed by atoms with van der Waals surface area (Å²) in [5.74, 6) is 0. The van der Waals surface area contributed by atoms with Gasteiger partial charge in [0.05, 0.1) is 0 Å². The van der Waals surface area contributed by atoms with E-state index in [1.807, 2.05) is 0 Å². The number of fused-ring (bicyclic) bond motifs is 1. The molecule has 0 aromatic heterocycles. The van der Waals surface area contributed by atoms with E-state index in [-0.39, 0.29) is 0 Å². The minimum Gasteiger partial charge on any atom is -0.245 e. The van der Waals surface area contributed by atoms with Crippen molar-refractivity contribution in [3.8, 4) is 0 Å². The number of benzene rings is 2. The van der Waals surface area contributed by atoms with Crippen LogP contribution in [0, 0.1) is 0 Å². The van der Waals surface area contributed by atoms with Crippen LogP contribution in [0.5, 0.6) is 0 Å². The summed E-state index contributed by atoms with van der Waals surface area (Å²) >= 11 is 37.7. The summed E-state index contributed by atoms with van der Waals surface area (Å²) < 4.78 is 2.96. The highest BCUT2D eigenvalue weighted by Crippen LogP contribution is 2.64. The van der Waals surface area contributed by atoms with E-state index >= 15 is 0 Å². The quantitative estimate of drug-likeness (QED) is 0.468. The SMILES string of the molecule is O=C1N(Cl)C2(c3ccc(Cl)cc3)N(Cl)C(=O)N(Cl)C2(c2ccc(Cl)cc2)N1Cl. The van der Waals surface area contributed by atoms with Crippen LogP contribution in [0.1, 0.15) is 11.1 Å². The number of hydrogen-bond acceptors (Lipinski definition) is 2. The third-order valence-corrected chi connectivity index (χ3v) is 6.85. The van der Waals surface area contributed by atoms with Crippen molar-refractivity contribution < 1.29 is 9.59 Å². The molecule has 0 unspecified atom stereocenters. The van der Waals surface area contributed by atoms with Crippen LogP contribution in [-0.2, 0) is 11.3 Å². The van der Waals surface area contributed by atoms with Crippen LogP contribution in [0.4, 0.5) is 9.59 Å². The Kier molecular flexibility index (Phi) is 4.73. The normalized spacial score (nSPS) is 27.1. The van der Waals surface area contributed by atoms with E-state index in [2.05, 4.69) is 0 Å². The smallest absolute Gasteiger partial charge is 0.245 e. The molecule has 28 heavy (non-hydrogen) atoms. The zero-order chi connectivity index (χ0) is 20.4. The van der Waals surface area contributed by atoms with E-state index in [1.165, 1.54) is 0 Å². The van der Waals surface area contributed by atoms with Gasteiger partial charge in [-0.1, -0.05) is 47.5 Å². The molecule has 4 amide bonds. The van der Waals surface area contributed by atoms with Crippen LogP contribution in [-0.4, -0.2) is 29.7 Å². The van der Waals surface area contributed by atoms with Gasteiger partial charge in [-0.25, -0.2) is 9.59 Å². The first-order valence-electron chi connectivity index (χ1n) is 7.64. The lowest BCUT2D eigenvalue weighted by Gasteiger charge is -2.43. The molecule has 0 bridgehead atoms. The highest BCUT2D eigenvalue weighted by Gasteiger charge is 2.81. The Balaban J connectivity index is 2.13. The van der Waals surface area contributed by atoms with Crippen molar-refractivity contribution in [3.63, 3.8) is 0 Å². The summed E-state index contributed by atoms with van der Waals surface area (Å²) in [6.45, 7) is 0. The number of rotatable bonds is 2. The number of halogens is 6. The molecule has 0 spiro atoms. The fourth-order valence-electron chi connectivity index (χ4n) is 3.63. The predicted molar refractivity (Wildman–Crippen MR) is 108 cm³/mol. The monoisotopic (exact) mass is 498 g/mol. The molecule has 2 saturated heterocycles. The largest absolute Gasteiger partial charge is 0.354 e. The molecule has 2 fully saturated rings. The Morgan fingerprint density at radius 1 is 0.536 bits per heavy atom. The lowest BCUT2D eigenvalue weighted by molar-refractivity contribution is 0.0294. The van der Waals surface area contributed by atoms with Gasteiger partial charge in [-0.05, 0) is 24.3 Å². The summed E-state index contributed by atoms with van der Waals surface area (Å²) in [7, 11) is 0. The van der Waals surface area contributed by atoms with E-state index in [9.17, 15) is 9.59 Å². The number of carbonyl (C=O) groups excluding carboxylic acids is 2. The third-order valence-electron chi connectivity index (χ3n) is 4.79. The summed E-state index contributed by atoms with van der Waals surface area (Å²) in [5, 5.41) is 0.859. The summed E-state index contributed by atoms with van der Waals surface area (Å²) in [4.78, 5) is 25.7. The molecule has 0 atom stereocenters. The summed E-state index contributed by atoms with van der Waals surface area (Å²) in [5.41, 5.74) is -2.95. The first kappa shape index (κ1) is 20.0. The predicted octanol–water partition coefficient (Wildman–Crippen LogP) is 6.09. The Morgan fingerprint density at radius 2 is 0.786 bits per heavy atom. The molecule has 0 radical (unpaired) electrons. The lowest BCUT2D eigenvalue weighted by Crippen LogP contribution is -2.58. The highest BCUT2D eigenvalue weighted by molar-refractivity contribution is 6.36. The van der Waals surface area contributed by atoms with Crippen molar-refractivity contribution in [2.45, 2.75) is 11.3 Å². The average Bonchev–Trinajstić information content (AvgIpc) is 2.98. The minimum atomic E-state index is -1.83. The molecule has 4 rings (SSSR count). The van der Waals surface area contributed by atoms with Crippen LogP contribution in [0.25, 0.3) is 0 Å². The molecule has 2 aliphatic rings. The third kappa shape index (κ3) is 2.19. The Labute approximate surface area is 190 Å². The fourth-order valence-corrected chi connectivity index (χ4v) is 5.50. The fraction of sp³-hybridized carbons (Fsp3) is 0.125. The second-order valence-electron chi connectivity index (χ2n) is 6.05. The van der Waals surface area contributed by atoms with Crippen LogP contribution < -0.4 is 0 Å². The number of urea groups is 2. The van der Waals surface area contributed by atoms with Gasteiger partial charge in [-0.15, -0.1) is 0 Å². The molecule has 2 aromatic carbocycles. The number of amides is 4. The molecule has 0 aliphatic carbocycles. The Morgan fingerprint density at radius 3 is 1.04 bits per heavy atom. The van der Waals surface area contributed by atoms with Crippen LogP contribution in [0.3, 0.4) is 0 Å². The first-order valence-corrected chi connectivity index (χ1v) is 9.75. The average molecular weight is 501 g/mol. The Bertz CT molecular complexity index is 867. The molecule has 2 heterocycles.